The number of carboxylic acid groups (broad SMARTS) is 1. The average molecular weight is 581 g/mol. The molecule has 0 heterocycles. The van der Waals surface area contributed by atoms with Crippen LogP contribution in [0.1, 0.15) is 91.4 Å². The van der Waals surface area contributed by atoms with Gasteiger partial charge in [-0.15, -0.1) is 0 Å². The lowest BCUT2D eigenvalue weighted by Gasteiger charge is -2.63. The molecule has 4 fully saturated rings. The fraction of sp³-hybridized carbons (Fsp3) is 0.871. The molecule has 0 aromatic heterocycles. The molecule has 4 saturated carbocycles. The third-order valence-corrected chi connectivity index (χ3v) is 11.7. The lowest BCUT2D eigenvalue weighted by Crippen LogP contribution is -2.62. The van der Waals surface area contributed by atoms with Gasteiger partial charge in [-0.3, -0.25) is 14.4 Å². The van der Waals surface area contributed by atoms with Crippen LogP contribution >= 0.6 is 0 Å². The SMILES string of the molecule is COC(=O)COC(=O)CCC(=O)OC1CCC2(C)C(C1)CC(O)C1C2CC(O)C2(C)C(C(C)CCC(=O)O)CCC12. The van der Waals surface area contributed by atoms with Gasteiger partial charge in [0.2, 0.25) is 0 Å². The zero-order valence-electron chi connectivity index (χ0n) is 24.9. The van der Waals surface area contributed by atoms with Gasteiger partial charge in [0.05, 0.1) is 32.2 Å². The zero-order chi connectivity index (χ0) is 30.1. The Hall–Kier alpha value is -2.20. The number of ether oxygens (including phenoxy) is 3. The van der Waals surface area contributed by atoms with E-state index >= 15 is 0 Å². The maximum Gasteiger partial charge on any atom is 0.344 e. The molecule has 3 N–H and O–H groups in total. The first kappa shape index (κ1) is 31.7. The minimum Gasteiger partial charge on any atom is -0.481 e. The number of hydrogen-bond donors (Lipinski definition) is 3. The summed E-state index contributed by atoms with van der Waals surface area (Å²) in [7, 11) is 1.19. The molecule has 0 bridgehead atoms. The van der Waals surface area contributed by atoms with E-state index < -0.39 is 42.7 Å². The Kier molecular flexibility index (Phi) is 9.73. The fourth-order valence-corrected chi connectivity index (χ4v) is 9.49. The molecule has 41 heavy (non-hydrogen) atoms. The molecule has 0 aliphatic heterocycles. The number of carboxylic acids is 1. The largest absolute Gasteiger partial charge is 0.481 e. The number of aliphatic carboxylic acids is 1. The van der Waals surface area contributed by atoms with Gasteiger partial charge in [-0.2, -0.15) is 0 Å². The van der Waals surface area contributed by atoms with Crippen LogP contribution in [0.3, 0.4) is 0 Å². The Morgan fingerprint density at radius 3 is 2.29 bits per heavy atom. The number of rotatable bonds is 10. The van der Waals surface area contributed by atoms with Crippen LogP contribution in [-0.2, 0) is 33.4 Å². The van der Waals surface area contributed by atoms with Crippen molar-refractivity contribution < 1.29 is 48.7 Å². The number of esters is 3. The highest BCUT2D eigenvalue weighted by Gasteiger charge is 2.65. The van der Waals surface area contributed by atoms with Crippen molar-refractivity contribution in [2.24, 2.45) is 46.3 Å². The van der Waals surface area contributed by atoms with E-state index in [9.17, 15) is 34.5 Å². The Labute approximate surface area is 242 Å². The summed E-state index contributed by atoms with van der Waals surface area (Å²) >= 11 is 0. The molecule has 0 amide bonds. The second-order valence-electron chi connectivity index (χ2n) is 13.6. The van der Waals surface area contributed by atoms with Gasteiger partial charge in [0.25, 0.3) is 0 Å². The zero-order valence-corrected chi connectivity index (χ0v) is 24.9. The molecule has 232 valence electrons. The van der Waals surface area contributed by atoms with Crippen LogP contribution in [0.5, 0.6) is 0 Å². The van der Waals surface area contributed by atoms with Crippen molar-refractivity contribution in [2.45, 2.75) is 110 Å². The number of carbonyl (C=O) groups excluding carboxylic acids is 3. The normalized spacial score (nSPS) is 40.3. The van der Waals surface area contributed by atoms with E-state index in [0.29, 0.717) is 32.1 Å². The predicted molar refractivity (Wildman–Crippen MR) is 146 cm³/mol. The van der Waals surface area contributed by atoms with Crippen molar-refractivity contribution in [3.05, 3.63) is 0 Å². The second kappa shape index (κ2) is 12.6. The molecule has 4 rings (SSSR count). The van der Waals surface area contributed by atoms with Crippen molar-refractivity contribution in [3.63, 3.8) is 0 Å². The maximum absolute atomic E-state index is 12.5. The summed E-state index contributed by atoms with van der Waals surface area (Å²) in [6.07, 6.45) is 4.43. The molecule has 4 aliphatic rings. The number of methoxy groups -OCH3 is 1. The number of aliphatic hydroxyl groups is 2. The van der Waals surface area contributed by atoms with Crippen LogP contribution < -0.4 is 0 Å². The van der Waals surface area contributed by atoms with E-state index in [4.69, 9.17) is 9.47 Å². The Morgan fingerprint density at radius 1 is 0.902 bits per heavy atom. The third kappa shape index (κ3) is 6.28. The number of aliphatic hydroxyl groups excluding tert-OH is 2. The van der Waals surface area contributed by atoms with E-state index in [1.807, 2.05) is 0 Å². The van der Waals surface area contributed by atoms with E-state index in [2.05, 4.69) is 25.5 Å². The third-order valence-electron chi connectivity index (χ3n) is 11.7. The summed E-state index contributed by atoms with van der Waals surface area (Å²) in [5, 5.41) is 32.5. The molecule has 4 aliphatic carbocycles. The standard InChI is InChI=1S/C31H48O10/c1-17(5-8-25(34)35)20-6-7-21-29-22(15-24(33)31(20,21)3)30(2)12-11-19(13-18(30)14-23(29)32)41-27(37)10-9-26(36)40-16-28(38)39-4/h17-24,29,32-33H,5-16H2,1-4H3,(H,34,35). The van der Waals surface area contributed by atoms with Crippen molar-refractivity contribution in [2.75, 3.05) is 13.7 Å². The smallest absolute Gasteiger partial charge is 0.344 e. The lowest BCUT2D eigenvalue weighted by molar-refractivity contribution is -0.209. The topological polar surface area (TPSA) is 157 Å². The first-order valence-electron chi connectivity index (χ1n) is 15.3. The van der Waals surface area contributed by atoms with Crippen LogP contribution in [0.2, 0.25) is 0 Å². The molecule has 0 aromatic rings. The number of fused-ring (bicyclic) bond motifs is 5. The Balaban J connectivity index is 1.37. The van der Waals surface area contributed by atoms with Gasteiger partial charge in [-0.25, -0.2) is 4.79 Å². The minimum absolute atomic E-state index is 0.0835. The average Bonchev–Trinajstić information content (AvgIpc) is 3.28. The summed E-state index contributed by atoms with van der Waals surface area (Å²) in [6.45, 7) is 6.09. The molecular formula is C31H48O10. The van der Waals surface area contributed by atoms with Crippen molar-refractivity contribution >= 4 is 23.9 Å². The number of hydrogen-bond acceptors (Lipinski definition) is 9. The second-order valence-corrected chi connectivity index (χ2v) is 13.6. The number of carbonyl (C=O) groups is 4. The molecule has 11 atom stereocenters. The highest BCUT2D eigenvalue weighted by molar-refractivity contribution is 5.80. The van der Waals surface area contributed by atoms with Crippen LogP contribution in [-0.4, -0.2) is 71.2 Å². The lowest BCUT2D eigenvalue weighted by atomic mass is 9.43. The van der Waals surface area contributed by atoms with E-state index in [1.165, 1.54) is 7.11 Å². The molecule has 0 spiro atoms. The first-order valence-corrected chi connectivity index (χ1v) is 15.3. The molecule has 10 nitrogen and oxygen atoms in total. The quantitative estimate of drug-likeness (QED) is 0.258. The van der Waals surface area contributed by atoms with Crippen LogP contribution in [0.4, 0.5) is 0 Å². The van der Waals surface area contributed by atoms with Crippen LogP contribution in [0, 0.1) is 46.3 Å². The van der Waals surface area contributed by atoms with E-state index in [1.54, 1.807) is 0 Å². The highest BCUT2D eigenvalue weighted by Crippen LogP contribution is 2.68. The van der Waals surface area contributed by atoms with Crippen molar-refractivity contribution in [1.29, 1.82) is 0 Å². The molecule has 0 aromatic carbocycles. The van der Waals surface area contributed by atoms with Crippen molar-refractivity contribution in [3.8, 4) is 0 Å². The highest BCUT2D eigenvalue weighted by atomic mass is 16.6. The van der Waals surface area contributed by atoms with Gasteiger partial charge < -0.3 is 29.5 Å². The van der Waals surface area contributed by atoms with Gasteiger partial charge >= 0.3 is 23.9 Å². The minimum atomic E-state index is -0.790. The molecule has 11 unspecified atom stereocenters. The fourth-order valence-electron chi connectivity index (χ4n) is 9.49. The summed E-state index contributed by atoms with van der Waals surface area (Å²) < 4.78 is 14.9. The predicted octanol–water partition coefficient (Wildman–Crippen LogP) is 3.50. The van der Waals surface area contributed by atoms with E-state index in [0.717, 1.165) is 19.3 Å². The van der Waals surface area contributed by atoms with Gasteiger partial charge in [-0.1, -0.05) is 20.8 Å². The van der Waals surface area contributed by atoms with Crippen LogP contribution in [0.25, 0.3) is 0 Å². The molecule has 0 saturated heterocycles. The van der Waals surface area contributed by atoms with Gasteiger partial charge in [0.15, 0.2) is 6.61 Å². The monoisotopic (exact) mass is 580 g/mol. The first-order chi connectivity index (χ1) is 19.3. The Bertz CT molecular complexity index is 997. The molecule has 10 heteroatoms. The summed E-state index contributed by atoms with van der Waals surface area (Å²) in [5.41, 5.74) is -0.423. The van der Waals surface area contributed by atoms with Crippen molar-refractivity contribution in [1.82, 2.24) is 0 Å². The van der Waals surface area contributed by atoms with Gasteiger partial charge in [-0.05, 0) is 97.7 Å². The van der Waals surface area contributed by atoms with Gasteiger partial charge in [0, 0.05) is 6.42 Å². The van der Waals surface area contributed by atoms with Gasteiger partial charge in [0.1, 0.15) is 6.10 Å². The summed E-state index contributed by atoms with van der Waals surface area (Å²) in [5.74, 6) is -1.59. The molecular weight excluding hydrogens is 532 g/mol. The van der Waals surface area contributed by atoms with E-state index in [-0.39, 0.29) is 71.7 Å². The van der Waals surface area contributed by atoms with Crippen LogP contribution in [0.15, 0.2) is 0 Å². The maximum atomic E-state index is 12.5. The molecule has 0 radical (unpaired) electrons. The summed E-state index contributed by atoms with van der Waals surface area (Å²) in [4.78, 5) is 46.6. The Morgan fingerprint density at radius 2 is 1.61 bits per heavy atom. The summed E-state index contributed by atoms with van der Waals surface area (Å²) in [6, 6.07) is 0.